The van der Waals surface area contributed by atoms with E-state index in [2.05, 4.69) is 20.5 Å². The van der Waals surface area contributed by atoms with Crippen LogP contribution in [0.4, 0.5) is 4.39 Å². The van der Waals surface area contributed by atoms with Crippen LogP contribution in [-0.4, -0.2) is 56.4 Å². The van der Waals surface area contributed by atoms with Crippen molar-refractivity contribution in [1.82, 2.24) is 15.5 Å². The minimum atomic E-state index is -0.395. The van der Waals surface area contributed by atoms with Crippen LogP contribution < -0.4 is 20.1 Å². The minimum Gasteiger partial charge on any atom is -0.497 e. The summed E-state index contributed by atoms with van der Waals surface area (Å²) >= 11 is 0. The number of ether oxygens (including phenoxy) is 2. The third kappa shape index (κ3) is 7.21. The molecule has 1 unspecified atom stereocenters. The fourth-order valence-corrected chi connectivity index (χ4v) is 3.74. The van der Waals surface area contributed by atoms with Crippen LogP contribution in [0.15, 0.2) is 41.4 Å². The summed E-state index contributed by atoms with van der Waals surface area (Å²) < 4.78 is 24.3. The highest BCUT2D eigenvalue weighted by molar-refractivity contribution is 14.0. The monoisotopic (exact) mass is 558 g/mol. The highest BCUT2D eigenvalue weighted by atomic mass is 127. The van der Waals surface area contributed by atoms with Gasteiger partial charge in [0.2, 0.25) is 0 Å². The molecule has 3 rings (SSSR count). The van der Waals surface area contributed by atoms with E-state index in [4.69, 9.17) is 9.47 Å². The summed E-state index contributed by atoms with van der Waals surface area (Å²) in [6.45, 7) is 2.87. The summed E-state index contributed by atoms with van der Waals surface area (Å²) in [5, 5.41) is 16.0. The van der Waals surface area contributed by atoms with Crippen molar-refractivity contribution < 1.29 is 19.0 Å². The quantitative estimate of drug-likeness (QED) is 0.263. The van der Waals surface area contributed by atoms with E-state index >= 15 is 0 Å². The maximum Gasteiger partial charge on any atom is 0.191 e. The zero-order chi connectivity index (χ0) is 22.2. The van der Waals surface area contributed by atoms with Crippen molar-refractivity contribution in [3.63, 3.8) is 0 Å². The molecule has 32 heavy (non-hydrogen) atoms. The second-order valence-corrected chi connectivity index (χ2v) is 7.60. The first kappa shape index (κ1) is 26.1. The second kappa shape index (κ2) is 12.8. The van der Waals surface area contributed by atoms with E-state index in [1.54, 1.807) is 33.4 Å². The molecule has 9 heteroatoms. The van der Waals surface area contributed by atoms with Crippen LogP contribution in [0.25, 0.3) is 0 Å². The molecular weight excluding hydrogens is 526 g/mol. The van der Waals surface area contributed by atoms with E-state index in [0.29, 0.717) is 18.1 Å². The van der Waals surface area contributed by atoms with Crippen molar-refractivity contribution in [3.8, 4) is 11.5 Å². The first-order chi connectivity index (χ1) is 15.0. The molecular formula is C23H32FIN4O3. The van der Waals surface area contributed by atoms with Crippen molar-refractivity contribution in [3.05, 3.63) is 58.9 Å². The summed E-state index contributed by atoms with van der Waals surface area (Å²) in [5.74, 6) is 1.88. The zero-order valence-corrected chi connectivity index (χ0v) is 21.1. The highest BCUT2D eigenvalue weighted by Gasteiger charge is 2.23. The lowest BCUT2D eigenvalue weighted by Gasteiger charge is -2.19. The Morgan fingerprint density at radius 3 is 2.50 bits per heavy atom. The van der Waals surface area contributed by atoms with Gasteiger partial charge in [-0.2, -0.15) is 0 Å². The number of nitrogens with one attached hydrogen (secondary N) is 2. The number of likely N-dealkylation sites (tertiary alicyclic amines) is 1. The Morgan fingerprint density at radius 1 is 1.16 bits per heavy atom. The Hall–Kier alpha value is -2.11. The van der Waals surface area contributed by atoms with E-state index in [1.165, 1.54) is 6.07 Å². The smallest absolute Gasteiger partial charge is 0.191 e. The Kier molecular flexibility index (Phi) is 10.5. The molecule has 0 amide bonds. The van der Waals surface area contributed by atoms with Crippen LogP contribution in [0.3, 0.4) is 0 Å². The lowest BCUT2D eigenvalue weighted by atomic mass is 10.1. The van der Waals surface area contributed by atoms with Crippen molar-refractivity contribution in [1.29, 1.82) is 0 Å². The molecule has 1 heterocycles. The van der Waals surface area contributed by atoms with E-state index < -0.39 is 5.82 Å². The van der Waals surface area contributed by atoms with Gasteiger partial charge in [-0.15, -0.1) is 24.0 Å². The molecule has 176 valence electrons. The lowest BCUT2D eigenvalue weighted by molar-refractivity contribution is 0.275. The van der Waals surface area contributed by atoms with Crippen molar-refractivity contribution >= 4 is 29.9 Å². The Morgan fingerprint density at radius 2 is 1.88 bits per heavy atom. The van der Waals surface area contributed by atoms with Gasteiger partial charge >= 0.3 is 0 Å². The van der Waals surface area contributed by atoms with Gasteiger partial charge in [0, 0.05) is 50.9 Å². The second-order valence-electron chi connectivity index (χ2n) is 7.60. The maximum absolute atomic E-state index is 13.5. The van der Waals surface area contributed by atoms with E-state index in [-0.39, 0.29) is 36.6 Å². The standard InChI is InChI=1S/C23H31FN4O3.HI/c1-25-23(26-12-16-4-5-22(24)18(8-16)15-29)27-19-6-7-28(14-19)13-17-9-20(30-2)11-21(10-17)31-3;/h4-5,8-11,19,29H,6-7,12-15H2,1-3H3,(H2,25,26,27);1H. The topological polar surface area (TPSA) is 78.4 Å². The maximum atomic E-state index is 13.5. The van der Waals surface area contributed by atoms with E-state index in [9.17, 15) is 9.50 Å². The van der Waals surface area contributed by atoms with Gasteiger partial charge in [0.05, 0.1) is 20.8 Å². The van der Waals surface area contributed by atoms with E-state index in [1.807, 2.05) is 18.2 Å². The van der Waals surface area contributed by atoms with Crippen LogP contribution in [-0.2, 0) is 19.7 Å². The lowest BCUT2D eigenvalue weighted by Crippen LogP contribution is -2.44. The van der Waals surface area contributed by atoms with Crippen molar-refractivity contribution in [2.45, 2.75) is 32.2 Å². The largest absolute Gasteiger partial charge is 0.497 e. The highest BCUT2D eigenvalue weighted by Crippen LogP contribution is 2.24. The fraction of sp³-hybridized carbons (Fsp3) is 0.435. The first-order valence-electron chi connectivity index (χ1n) is 10.3. The van der Waals surface area contributed by atoms with Crippen molar-refractivity contribution in [2.24, 2.45) is 4.99 Å². The third-order valence-electron chi connectivity index (χ3n) is 5.39. The SMILES string of the molecule is CN=C(NCc1ccc(F)c(CO)c1)NC1CCN(Cc2cc(OC)cc(OC)c2)C1.I. The van der Waals surface area contributed by atoms with Gasteiger partial charge in [0.25, 0.3) is 0 Å². The number of rotatable bonds is 8. The fourth-order valence-electron chi connectivity index (χ4n) is 3.74. The van der Waals surface area contributed by atoms with Gasteiger partial charge < -0.3 is 25.2 Å². The average molecular weight is 558 g/mol. The van der Waals surface area contributed by atoms with Crippen LogP contribution >= 0.6 is 24.0 Å². The molecule has 1 fully saturated rings. The predicted molar refractivity (Wildman–Crippen MR) is 134 cm³/mol. The first-order valence-corrected chi connectivity index (χ1v) is 10.3. The molecule has 1 saturated heterocycles. The molecule has 0 bridgehead atoms. The van der Waals surface area contributed by atoms with Crippen LogP contribution in [0.1, 0.15) is 23.1 Å². The normalized spacial score (nSPS) is 16.4. The minimum absolute atomic E-state index is 0. The van der Waals surface area contributed by atoms with Gasteiger partial charge in [-0.1, -0.05) is 6.07 Å². The molecule has 1 aliphatic rings. The summed E-state index contributed by atoms with van der Waals surface area (Å²) in [6, 6.07) is 11.0. The van der Waals surface area contributed by atoms with Gasteiger partial charge in [0.1, 0.15) is 17.3 Å². The molecule has 1 atom stereocenters. The number of benzene rings is 2. The van der Waals surface area contributed by atoms with Gasteiger partial charge in [-0.3, -0.25) is 9.89 Å². The van der Waals surface area contributed by atoms with Crippen molar-refractivity contribution in [2.75, 3.05) is 34.4 Å². The third-order valence-corrected chi connectivity index (χ3v) is 5.39. The predicted octanol–water partition coefficient (Wildman–Crippen LogP) is 2.89. The van der Waals surface area contributed by atoms with Crippen LogP contribution in [0.2, 0.25) is 0 Å². The number of halogens is 2. The number of aliphatic hydroxyl groups excluding tert-OH is 1. The Bertz CT molecular complexity index is 891. The molecule has 0 radical (unpaired) electrons. The summed E-state index contributed by atoms with van der Waals surface area (Å²) in [5.41, 5.74) is 2.33. The number of hydrogen-bond acceptors (Lipinski definition) is 5. The molecule has 2 aromatic rings. The zero-order valence-electron chi connectivity index (χ0n) is 18.7. The number of nitrogens with zero attached hydrogens (tertiary/aromatic N) is 2. The van der Waals surface area contributed by atoms with E-state index in [0.717, 1.165) is 48.7 Å². The average Bonchev–Trinajstić information content (AvgIpc) is 3.23. The number of hydrogen-bond donors (Lipinski definition) is 3. The molecule has 3 N–H and O–H groups in total. The molecule has 7 nitrogen and oxygen atoms in total. The summed E-state index contributed by atoms with van der Waals surface area (Å²) in [6.07, 6.45) is 1.01. The molecule has 1 aliphatic heterocycles. The van der Waals surface area contributed by atoms with Crippen LogP contribution in [0.5, 0.6) is 11.5 Å². The number of aliphatic imine (C=N–C) groups is 1. The summed E-state index contributed by atoms with van der Waals surface area (Å²) in [7, 11) is 5.04. The molecule has 0 aliphatic carbocycles. The number of guanidine groups is 1. The van der Waals surface area contributed by atoms with Gasteiger partial charge in [0.15, 0.2) is 5.96 Å². The summed E-state index contributed by atoms with van der Waals surface area (Å²) in [4.78, 5) is 6.68. The number of aliphatic hydroxyl groups is 1. The molecule has 0 saturated carbocycles. The Balaban J connectivity index is 0.00000363. The number of methoxy groups -OCH3 is 2. The molecule has 0 spiro atoms. The Labute approximate surface area is 206 Å². The van der Waals surface area contributed by atoms with Gasteiger partial charge in [-0.25, -0.2) is 4.39 Å². The molecule has 2 aromatic carbocycles. The van der Waals surface area contributed by atoms with Crippen LogP contribution in [0, 0.1) is 5.82 Å². The van der Waals surface area contributed by atoms with Gasteiger partial charge in [-0.05, 0) is 41.8 Å². The molecule has 0 aromatic heterocycles.